The molecule has 0 aromatic heterocycles. The fourth-order valence-corrected chi connectivity index (χ4v) is 2.70. The molecule has 2 nitrogen and oxygen atoms in total. The van der Waals surface area contributed by atoms with E-state index in [1.54, 1.807) is 0 Å². The first-order valence-corrected chi connectivity index (χ1v) is 6.98. The minimum Gasteiger partial charge on any atom is -0.356 e. The molecule has 1 unspecified atom stereocenters. The lowest BCUT2D eigenvalue weighted by Gasteiger charge is -2.15. The van der Waals surface area contributed by atoms with Crippen molar-refractivity contribution in [2.45, 2.75) is 19.3 Å². The molecule has 0 saturated carbocycles. The van der Waals surface area contributed by atoms with Crippen LogP contribution in [0, 0.1) is 0 Å². The molecule has 2 aromatic carbocycles. The van der Waals surface area contributed by atoms with Crippen molar-refractivity contribution >= 4 is 11.4 Å². The van der Waals surface area contributed by atoms with E-state index in [4.69, 9.17) is 0 Å². The van der Waals surface area contributed by atoms with Crippen molar-refractivity contribution in [3.8, 4) is 0 Å². The van der Waals surface area contributed by atoms with Crippen LogP contribution in [0.3, 0.4) is 0 Å². The first kappa shape index (κ1) is 12.2. The number of hydrogen-bond acceptors (Lipinski definition) is 2. The molecular weight excluding hydrogens is 232 g/mol. The number of benzene rings is 2. The average Bonchev–Trinajstić information content (AvgIpc) is 2.62. The highest BCUT2D eigenvalue weighted by Crippen LogP contribution is 2.27. The van der Waals surface area contributed by atoms with E-state index in [1.807, 2.05) is 6.07 Å². The van der Waals surface area contributed by atoms with Gasteiger partial charge < -0.3 is 10.6 Å². The molecule has 1 atom stereocenters. The summed E-state index contributed by atoms with van der Waals surface area (Å²) in [7, 11) is 0. The van der Waals surface area contributed by atoms with Crippen molar-refractivity contribution in [3.05, 3.63) is 59.7 Å². The Morgan fingerprint density at radius 3 is 2.74 bits per heavy atom. The molecular formula is C17H20N2. The van der Waals surface area contributed by atoms with Crippen molar-refractivity contribution < 1.29 is 0 Å². The lowest BCUT2D eigenvalue weighted by Crippen LogP contribution is -2.18. The van der Waals surface area contributed by atoms with Crippen molar-refractivity contribution in [2.75, 3.05) is 18.4 Å². The molecule has 98 valence electrons. The van der Waals surface area contributed by atoms with E-state index in [1.165, 1.54) is 16.8 Å². The standard InChI is InChI=1S/C17H20N2/c1-13-12-18-10-9-14-7-8-16(11-17(13)14)19-15-5-3-2-4-6-15/h2-8,11,13,18-19H,9-10,12H2,1H3. The van der Waals surface area contributed by atoms with Gasteiger partial charge in [-0.3, -0.25) is 0 Å². The monoisotopic (exact) mass is 252 g/mol. The minimum atomic E-state index is 0.579. The lowest BCUT2D eigenvalue weighted by molar-refractivity contribution is 0.644. The van der Waals surface area contributed by atoms with Crippen LogP contribution in [0.2, 0.25) is 0 Å². The Balaban J connectivity index is 1.88. The van der Waals surface area contributed by atoms with Gasteiger partial charge in [-0.15, -0.1) is 0 Å². The number of anilines is 2. The van der Waals surface area contributed by atoms with E-state index in [2.05, 4.69) is 60.0 Å². The second-order valence-corrected chi connectivity index (χ2v) is 5.26. The summed E-state index contributed by atoms with van der Waals surface area (Å²) in [6.07, 6.45) is 1.13. The SMILES string of the molecule is CC1CNCCc2ccc(Nc3ccccc3)cc21. The molecule has 1 aliphatic heterocycles. The van der Waals surface area contributed by atoms with Crippen molar-refractivity contribution in [3.63, 3.8) is 0 Å². The summed E-state index contributed by atoms with van der Waals surface area (Å²) < 4.78 is 0. The van der Waals surface area contributed by atoms with Gasteiger partial charge in [0, 0.05) is 17.9 Å². The summed E-state index contributed by atoms with van der Waals surface area (Å²) in [4.78, 5) is 0. The van der Waals surface area contributed by atoms with Crippen LogP contribution in [0.1, 0.15) is 24.0 Å². The first-order valence-electron chi connectivity index (χ1n) is 6.98. The van der Waals surface area contributed by atoms with Crippen LogP contribution in [0.25, 0.3) is 0 Å². The number of hydrogen-bond donors (Lipinski definition) is 2. The highest BCUT2D eigenvalue weighted by Gasteiger charge is 2.14. The predicted octanol–water partition coefficient (Wildman–Crippen LogP) is 3.68. The molecule has 0 fully saturated rings. The maximum Gasteiger partial charge on any atom is 0.0387 e. The molecule has 0 aliphatic carbocycles. The zero-order chi connectivity index (χ0) is 13.1. The number of nitrogens with one attached hydrogen (secondary N) is 2. The van der Waals surface area contributed by atoms with Crippen LogP contribution in [0.5, 0.6) is 0 Å². The van der Waals surface area contributed by atoms with Gasteiger partial charge in [0.05, 0.1) is 0 Å². The summed E-state index contributed by atoms with van der Waals surface area (Å²) in [5.41, 5.74) is 5.28. The van der Waals surface area contributed by atoms with E-state index in [0.29, 0.717) is 5.92 Å². The van der Waals surface area contributed by atoms with Gasteiger partial charge >= 0.3 is 0 Å². The Labute approximate surface area is 114 Å². The third-order valence-corrected chi connectivity index (χ3v) is 3.76. The molecule has 2 heteroatoms. The lowest BCUT2D eigenvalue weighted by atomic mass is 9.95. The number of fused-ring (bicyclic) bond motifs is 1. The third kappa shape index (κ3) is 2.79. The van der Waals surface area contributed by atoms with Gasteiger partial charge in [-0.25, -0.2) is 0 Å². The van der Waals surface area contributed by atoms with E-state index < -0.39 is 0 Å². The molecule has 2 N–H and O–H groups in total. The van der Waals surface area contributed by atoms with Gasteiger partial charge in [0.1, 0.15) is 0 Å². The maximum absolute atomic E-state index is 3.49. The Kier molecular flexibility index (Phi) is 3.51. The average molecular weight is 252 g/mol. The van der Waals surface area contributed by atoms with Crippen molar-refractivity contribution in [1.82, 2.24) is 5.32 Å². The third-order valence-electron chi connectivity index (χ3n) is 3.76. The molecule has 0 bridgehead atoms. The summed E-state index contributed by atoms with van der Waals surface area (Å²) in [6.45, 7) is 4.45. The quantitative estimate of drug-likeness (QED) is 0.852. The van der Waals surface area contributed by atoms with Crippen molar-refractivity contribution in [1.29, 1.82) is 0 Å². The van der Waals surface area contributed by atoms with E-state index >= 15 is 0 Å². The van der Waals surface area contributed by atoms with Gasteiger partial charge in [-0.2, -0.15) is 0 Å². The van der Waals surface area contributed by atoms with E-state index in [0.717, 1.165) is 25.2 Å². The van der Waals surface area contributed by atoms with Crippen LogP contribution >= 0.6 is 0 Å². The molecule has 1 heterocycles. The van der Waals surface area contributed by atoms with Gasteiger partial charge in [0.15, 0.2) is 0 Å². The molecule has 1 aliphatic rings. The second-order valence-electron chi connectivity index (χ2n) is 5.26. The largest absolute Gasteiger partial charge is 0.356 e. The Morgan fingerprint density at radius 2 is 1.89 bits per heavy atom. The summed E-state index contributed by atoms with van der Waals surface area (Å²) >= 11 is 0. The fourth-order valence-electron chi connectivity index (χ4n) is 2.70. The number of rotatable bonds is 2. The predicted molar refractivity (Wildman–Crippen MR) is 81.2 cm³/mol. The second kappa shape index (κ2) is 5.45. The minimum absolute atomic E-state index is 0.579. The maximum atomic E-state index is 3.49. The fraction of sp³-hybridized carbons (Fsp3) is 0.294. The molecule has 19 heavy (non-hydrogen) atoms. The molecule has 0 spiro atoms. The Hall–Kier alpha value is -1.80. The number of para-hydroxylation sites is 1. The first-order chi connectivity index (χ1) is 9.33. The molecule has 0 amide bonds. The van der Waals surface area contributed by atoms with E-state index in [9.17, 15) is 0 Å². The van der Waals surface area contributed by atoms with Crippen LogP contribution in [0.15, 0.2) is 48.5 Å². The Bertz CT molecular complexity index is 548. The van der Waals surface area contributed by atoms with Crippen LogP contribution in [-0.4, -0.2) is 13.1 Å². The summed E-state index contributed by atoms with van der Waals surface area (Å²) in [5.74, 6) is 0.579. The van der Waals surface area contributed by atoms with Crippen LogP contribution in [0.4, 0.5) is 11.4 Å². The molecule has 2 aromatic rings. The highest BCUT2D eigenvalue weighted by atomic mass is 14.9. The normalized spacial score (nSPS) is 18.5. The van der Waals surface area contributed by atoms with E-state index in [-0.39, 0.29) is 0 Å². The van der Waals surface area contributed by atoms with Crippen LogP contribution in [-0.2, 0) is 6.42 Å². The topological polar surface area (TPSA) is 24.1 Å². The van der Waals surface area contributed by atoms with Crippen LogP contribution < -0.4 is 10.6 Å². The van der Waals surface area contributed by atoms with Gasteiger partial charge in [-0.05, 0) is 54.3 Å². The smallest absolute Gasteiger partial charge is 0.0387 e. The molecule has 0 radical (unpaired) electrons. The van der Waals surface area contributed by atoms with Crippen molar-refractivity contribution in [2.24, 2.45) is 0 Å². The Morgan fingerprint density at radius 1 is 1.05 bits per heavy atom. The van der Waals surface area contributed by atoms with Gasteiger partial charge in [0.25, 0.3) is 0 Å². The van der Waals surface area contributed by atoms with Gasteiger partial charge in [-0.1, -0.05) is 31.2 Å². The summed E-state index contributed by atoms with van der Waals surface area (Å²) in [5, 5.41) is 6.97. The highest BCUT2D eigenvalue weighted by molar-refractivity contribution is 5.61. The van der Waals surface area contributed by atoms with Gasteiger partial charge in [0.2, 0.25) is 0 Å². The summed E-state index contributed by atoms with van der Waals surface area (Å²) in [6, 6.07) is 17.1. The molecule has 0 saturated heterocycles. The zero-order valence-corrected chi connectivity index (χ0v) is 11.3. The zero-order valence-electron chi connectivity index (χ0n) is 11.3. The molecule has 3 rings (SSSR count).